The highest BCUT2D eigenvalue weighted by Gasteiger charge is 2.00. The molecule has 0 aliphatic heterocycles. The second-order valence-electron chi connectivity index (χ2n) is 4.73. The monoisotopic (exact) mass is 277 g/mol. The van der Waals surface area contributed by atoms with Crippen molar-refractivity contribution in [2.45, 2.75) is 38.5 Å². The Bertz CT molecular complexity index is 407. The zero-order chi connectivity index (χ0) is 14.6. The Kier molecular flexibility index (Phi) is 7.87. The predicted octanol–water partition coefficient (Wildman–Crippen LogP) is 2.63. The van der Waals surface area contributed by atoms with Gasteiger partial charge < -0.3 is 16.4 Å². The van der Waals surface area contributed by atoms with Crippen molar-refractivity contribution in [2.24, 2.45) is 5.73 Å². The molecule has 110 valence electrons. The van der Waals surface area contributed by atoms with Gasteiger partial charge in [-0.2, -0.15) is 0 Å². The summed E-state index contributed by atoms with van der Waals surface area (Å²) in [6.07, 6.45) is 5.40. The minimum Gasteiger partial charge on any atom is -0.370 e. The van der Waals surface area contributed by atoms with Crippen molar-refractivity contribution in [1.82, 2.24) is 5.32 Å². The maximum absolute atomic E-state index is 11.5. The Morgan fingerprint density at radius 3 is 2.30 bits per heavy atom. The van der Waals surface area contributed by atoms with Crippen LogP contribution in [0.4, 0.5) is 10.5 Å². The molecule has 5 heteroatoms. The minimum atomic E-state index is -0.232. The van der Waals surface area contributed by atoms with Gasteiger partial charge in [-0.25, -0.2) is 4.79 Å². The molecule has 0 atom stereocenters. The number of primary amides is 1. The first-order chi connectivity index (χ1) is 9.68. The van der Waals surface area contributed by atoms with Gasteiger partial charge in [0.05, 0.1) is 0 Å². The van der Waals surface area contributed by atoms with Crippen LogP contribution in [-0.4, -0.2) is 18.5 Å². The van der Waals surface area contributed by atoms with Crippen molar-refractivity contribution in [1.29, 1.82) is 0 Å². The van der Waals surface area contributed by atoms with E-state index in [2.05, 4.69) is 10.6 Å². The number of urea groups is 1. The van der Waals surface area contributed by atoms with Gasteiger partial charge in [0.15, 0.2) is 0 Å². The van der Waals surface area contributed by atoms with Crippen molar-refractivity contribution in [2.75, 3.05) is 11.9 Å². The number of anilines is 1. The Hall–Kier alpha value is -2.04. The summed E-state index contributed by atoms with van der Waals surface area (Å²) in [6, 6.07) is 9.17. The van der Waals surface area contributed by atoms with Crippen LogP contribution in [0.2, 0.25) is 0 Å². The number of carbonyl (C=O) groups excluding carboxylic acids is 2. The van der Waals surface area contributed by atoms with Crippen LogP contribution in [0.15, 0.2) is 30.3 Å². The molecule has 0 fully saturated rings. The summed E-state index contributed by atoms with van der Waals surface area (Å²) < 4.78 is 0. The number of nitrogens with one attached hydrogen (secondary N) is 2. The van der Waals surface area contributed by atoms with Crippen LogP contribution in [0.3, 0.4) is 0 Å². The molecule has 1 rings (SSSR count). The van der Waals surface area contributed by atoms with E-state index in [1.807, 2.05) is 30.3 Å². The predicted molar refractivity (Wildman–Crippen MR) is 80.4 cm³/mol. The number of nitrogens with two attached hydrogens (primary N) is 1. The summed E-state index contributed by atoms with van der Waals surface area (Å²) in [5.74, 6) is -0.232. The minimum absolute atomic E-state index is 0.176. The number of benzene rings is 1. The van der Waals surface area contributed by atoms with Crippen LogP contribution in [-0.2, 0) is 4.79 Å². The Morgan fingerprint density at radius 2 is 1.60 bits per heavy atom. The quantitative estimate of drug-likeness (QED) is 0.606. The van der Waals surface area contributed by atoms with Gasteiger partial charge in [0.1, 0.15) is 0 Å². The Labute approximate surface area is 119 Å². The fourth-order valence-electron chi connectivity index (χ4n) is 1.85. The topological polar surface area (TPSA) is 84.2 Å². The number of unbranched alkanes of at least 4 members (excludes halogenated alkanes) is 4. The first kappa shape index (κ1) is 16.0. The smallest absolute Gasteiger partial charge is 0.319 e. The second-order valence-corrected chi connectivity index (χ2v) is 4.73. The average Bonchev–Trinajstić information content (AvgIpc) is 2.42. The van der Waals surface area contributed by atoms with E-state index in [0.29, 0.717) is 13.0 Å². The molecule has 4 N–H and O–H groups in total. The van der Waals surface area contributed by atoms with Crippen LogP contribution in [0.5, 0.6) is 0 Å². The molecular weight excluding hydrogens is 254 g/mol. The van der Waals surface area contributed by atoms with Crippen LogP contribution in [0, 0.1) is 0 Å². The van der Waals surface area contributed by atoms with Crippen LogP contribution >= 0.6 is 0 Å². The van der Waals surface area contributed by atoms with Crippen LogP contribution in [0.1, 0.15) is 38.5 Å². The van der Waals surface area contributed by atoms with Gasteiger partial charge in [-0.05, 0) is 25.0 Å². The highest BCUT2D eigenvalue weighted by atomic mass is 16.2. The standard InChI is InChI=1S/C15H23N3O2/c16-14(19)11-7-2-1-3-8-12-17-15(20)18-13-9-5-4-6-10-13/h4-6,9-10H,1-3,7-8,11-12H2,(H2,16,19)(H2,17,18,20). The SMILES string of the molecule is NC(=O)CCCCCCCNC(=O)Nc1ccccc1. The molecule has 0 saturated heterocycles. The summed E-state index contributed by atoms with van der Waals surface area (Å²) in [7, 11) is 0. The van der Waals surface area contributed by atoms with Gasteiger partial charge in [0, 0.05) is 18.7 Å². The molecule has 0 aliphatic carbocycles. The molecular formula is C15H23N3O2. The lowest BCUT2D eigenvalue weighted by molar-refractivity contribution is -0.118. The third-order valence-corrected chi connectivity index (χ3v) is 2.92. The van der Waals surface area contributed by atoms with Crippen LogP contribution in [0.25, 0.3) is 0 Å². The van der Waals surface area contributed by atoms with E-state index in [-0.39, 0.29) is 11.9 Å². The fourth-order valence-corrected chi connectivity index (χ4v) is 1.85. The van der Waals surface area contributed by atoms with E-state index in [9.17, 15) is 9.59 Å². The number of rotatable bonds is 9. The second kappa shape index (κ2) is 9.83. The van der Waals surface area contributed by atoms with Crippen LogP contribution < -0.4 is 16.4 Å². The molecule has 1 aromatic rings. The van der Waals surface area contributed by atoms with Gasteiger partial charge in [0.2, 0.25) is 5.91 Å². The molecule has 1 aromatic carbocycles. The van der Waals surface area contributed by atoms with Gasteiger partial charge in [-0.3, -0.25) is 4.79 Å². The zero-order valence-corrected chi connectivity index (χ0v) is 11.7. The van der Waals surface area contributed by atoms with E-state index in [1.54, 1.807) is 0 Å². The first-order valence-corrected chi connectivity index (χ1v) is 7.06. The molecule has 0 spiro atoms. The summed E-state index contributed by atoms with van der Waals surface area (Å²) in [6.45, 7) is 0.661. The highest BCUT2D eigenvalue weighted by Crippen LogP contribution is 2.05. The maximum Gasteiger partial charge on any atom is 0.319 e. The highest BCUT2D eigenvalue weighted by molar-refractivity contribution is 5.89. The normalized spacial score (nSPS) is 10.0. The Balaban J connectivity index is 1.96. The molecule has 3 amide bonds. The Morgan fingerprint density at radius 1 is 0.950 bits per heavy atom. The molecule has 20 heavy (non-hydrogen) atoms. The lowest BCUT2D eigenvalue weighted by Gasteiger charge is -2.07. The van der Waals surface area contributed by atoms with Crippen molar-refractivity contribution in [3.8, 4) is 0 Å². The van der Waals surface area contributed by atoms with E-state index < -0.39 is 0 Å². The maximum atomic E-state index is 11.5. The van der Waals surface area contributed by atoms with Gasteiger partial charge in [-0.15, -0.1) is 0 Å². The van der Waals surface area contributed by atoms with Gasteiger partial charge in [-0.1, -0.05) is 37.5 Å². The van der Waals surface area contributed by atoms with Crippen molar-refractivity contribution >= 4 is 17.6 Å². The van der Waals surface area contributed by atoms with E-state index >= 15 is 0 Å². The van der Waals surface area contributed by atoms with E-state index in [4.69, 9.17) is 5.73 Å². The lowest BCUT2D eigenvalue weighted by atomic mass is 10.1. The number of hydrogen-bond donors (Lipinski definition) is 3. The first-order valence-electron chi connectivity index (χ1n) is 7.06. The van der Waals surface area contributed by atoms with E-state index in [1.165, 1.54) is 0 Å². The number of hydrogen-bond acceptors (Lipinski definition) is 2. The molecule has 0 bridgehead atoms. The fraction of sp³-hybridized carbons (Fsp3) is 0.467. The van der Waals surface area contributed by atoms with Gasteiger partial charge in [0.25, 0.3) is 0 Å². The van der Waals surface area contributed by atoms with Crippen molar-refractivity contribution < 1.29 is 9.59 Å². The summed E-state index contributed by atoms with van der Waals surface area (Å²) in [5.41, 5.74) is 5.85. The number of carbonyl (C=O) groups is 2. The molecule has 0 aliphatic rings. The van der Waals surface area contributed by atoms with Crippen molar-refractivity contribution in [3.05, 3.63) is 30.3 Å². The molecule has 0 radical (unpaired) electrons. The molecule has 0 heterocycles. The average molecular weight is 277 g/mol. The zero-order valence-electron chi connectivity index (χ0n) is 11.7. The van der Waals surface area contributed by atoms with E-state index in [0.717, 1.165) is 37.8 Å². The van der Waals surface area contributed by atoms with Gasteiger partial charge >= 0.3 is 6.03 Å². The summed E-state index contributed by atoms with van der Waals surface area (Å²) >= 11 is 0. The molecule has 0 aromatic heterocycles. The number of amides is 3. The van der Waals surface area contributed by atoms with Crippen molar-refractivity contribution in [3.63, 3.8) is 0 Å². The summed E-state index contributed by atoms with van der Waals surface area (Å²) in [5, 5.41) is 5.58. The largest absolute Gasteiger partial charge is 0.370 e. The molecule has 0 saturated carbocycles. The molecule has 5 nitrogen and oxygen atoms in total. The molecule has 0 unspecified atom stereocenters. The summed E-state index contributed by atoms with van der Waals surface area (Å²) in [4.78, 5) is 22.1. The number of para-hydroxylation sites is 1. The third kappa shape index (κ3) is 8.13. The lowest BCUT2D eigenvalue weighted by Crippen LogP contribution is -2.29. The third-order valence-electron chi connectivity index (χ3n) is 2.92.